The molecule has 2 heterocycles. The summed E-state index contributed by atoms with van der Waals surface area (Å²) < 4.78 is 0. The first-order chi connectivity index (χ1) is 9.72. The number of aliphatic hydroxyl groups excluding tert-OH is 1. The molecule has 4 nitrogen and oxygen atoms in total. The third kappa shape index (κ3) is 3.44. The van der Waals surface area contributed by atoms with Gasteiger partial charge < -0.3 is 10.4 Å². The Labute approximate surface area is 121 Å². The Kier molecular flexibility index (Phi) is 4.88. The molecule has 0 aromatic carbocycles. The first-order valence-electron chi connectivity index (χ1n) is 6.08. The number of aryl methyl sites for hydroxylation is 1. The van der Waals surface area contributed by atoms with E-state index in [0.717, 1.165) is 10.4 Å². The van der Waals surface area contributed by atoms with Crippen LogP contribution in [0.1, 0.15) is 26.5 Å². The van der Waals surface area contributed by atoms with Crippen molar-refractivity contribution in [2.45, 2.75) is 13.5 Å². The lowest BCUT2D eigenvalue weighted by molar-refractivity contribution is 0.0946. The Bertz CT molecular complexity index is 668. The molecule has 0 spiro atoms. The Morgan fingerprint density at radius 1 is 1.50 bits per heavy atom. The minimum absolute atomic E-state index is 0.246. The van der Waals surface area contributed by atoms with Crippen LogP contribution >= 0.6 is 11.3 Å². The molecule has 1 amide bonds. The largest absolute Gasteiger partial charge is 0.384 e. The summed E-state index contributed by atoms with van der Waals surface area (Å²) in [5.41, 5.74) is 1.96. The van der Waals surface area contributed by atoms with Gasteiger partial charge in [0.1, 0.15) is 12.3 Å². The van der Waals surface area contributed by atoms with E-state index in [1.165, 1.54) is 0 Å². The number of nitrogens with zero attached hydrogens (tertiary/aromatic N) is 1. The van der Waals surface area contributed by atoms with Crippen LogP contribution in [0, 0.1) is 18.8 Å². The molecule has 2 rings (SSSR count). The molecule has 2 N–H and O–H groups in total. The highest BCUT2D eigenvalue weighted by molar-refractivity contribution is 7.10. The van der Waals surface area contributed by atoms with Gasteiger partial charge in [-0.3, -0.25) is 4.79 Å². The van der Waals surface area contributed by atoms with E-state index in [4.69, 9.17) is 5.11 Å². The smallest absolute Gasteiger partial charge is 0.271 e. The number of aliphatic hydroxyl groups is 1. The van der Waals surface area contributed by atoms with E-state index in [1.807, 2.05) is 18.4 Å². The zero-order valence-electron chi connectivity index (χ0n) is 11.0. The summed E-state index contributed by atoms with van der Waals surface area (Å²) in [4.78, 5) is 17.3. The maximum atomic E-state index is 12.1. The summed E-state index contributed by atoms with van der Waals surface area (Å²) in [6.07, 6.45) is 1.55. The molecule has 0 aliphatic carbocycles. The van der Waals surface area contributed by atoms with Gasteiger partial charge in [0.2, 0.25) is 0 Å². The maximum absolute atomic E-state index is 12.1. The van der Waals surface area contributed by atoms with Gasteiger partial charge in [0.05, 0.1) is 12.1 Å². The van der Waals surface area contributed by atoms with E-state index < -0.39 is 0 Å². The van der Waals surface area contributed by atoms with Gasteiger partial charge in [-0.2, -0.15) is 0 Å². The summed E-state index contributed by atoms with van der Waals surface area (Å²) >= 11 is 1.61. The number of amides is 1. The Morgan fingerprint density at radius 2 is 2.35 bits per heavy atom. The average Bonchev–Trinajstić information content (AvgIpc) is 2.88. The van der Waals surface area contributed by atoms with E-state index in [-0.39, 0.29) is 18.2 Å². The lowest BCUT2D eigenvalue weighted by Crippen LogP contribution is -2.24. The van der Waals surface area contributed by atoms with Crippen molar-refractivity contribution >= 4 is 17.2 Å². The average molecular weight is 286 g/mol. The molecule has 0 saturated carbocycles. The van der Waals surface area contributed by atoms with E-state index in [9.17, 15) is 4.79 Å². The molecule has 20 heavy (non-hydrogen) atoms. The van der Waals surface area contributed by atoms with E-state index in [0.29, 0.717) is 12.1 Å². The molecule has 5 heteroatoms. The van der Waals surface area contributed by atoms with Gasteiger partial charge in [0.15, 0.2) is 0 Å². The molecule has 2 aromatic rings. The number of hydrogen-bond acceptors (Lipinski definition) is 4. The van der Waals surface area contributed by atoms with Crippen LogP contribution in [0.4, 0.5) is 0 Å². The van der Waals surface area contributed by atoms with E-state index in [1.54, 1.807) is 29.7 Å². The number of aromatic nitrogens is 1. The zero-order valence-corrected chi connectivity index (χ0v) is 11.8. The van der Waals surface area contributed by atoms with Crippen molar-refractivity contribution in [1.82, 2.24) is 10.3 Å². The summed E-state index contributed by atoms with van der Waals surface area (Å²) in [5.74, 6) is 4.99. The van der Waals surface area contributed by atoms with Crippen molar-refractivity contribution in [3.63, 3.8) is 0 Å². The Balaban J connectivity index is 2.11. The molecule has 2 aromatic heterocycles. The van der Waals surface area contributed by atoms with Crippen LogP contribution in [0.3, 0.4) is 0 Å². The van der Waals surface area contributed by atoms with Gasteiger partial charge >= 0.3 is 0 Å². The lowest BCUT2D eigenvalue weighted by atomic mass is 10.2. The van der Waals surface area contributed by atoms with Crippen LogP contribution < -0.4 is 5.32 Å². The quantitative estimate of drug-likeness (QED) is 0.845. The molecule has 102 valence electrons. The normalized spacial score (nSPS) is 9.70. The predicted octanol–water partition coefficient (Wildman–Crippen LogP) is 1.73. The van der Waals surface area contributed by atoms with Crippen LogP contribution in [0.2, 0.25) is 0 Å². The number of rotatable bonds is 3. The first-order valence-corrected chi connectivity index (χ1v) is 6.96. The second-order valence-electron chi connectivity index (χ2n) is 4.07. The van der Waals surface area contributed by atoms with Crippen molar-refractivity contribution in [2.75, 3.05) is 6.61 Å². The van der Waals surface area contributed by atoms with Gasteiger partial charge in [-0.05, 0) is 36.1 Å². The van der Waals surface area contributed by atoms with Crippen LogP contribution in [0.25, 0.3) is 0 Å². The van der Waals surface area contributed by atoms with Gasteiger partial charge in [0, 0.05) is 11.1 Å². The van der Waals surface area contributed by atoms with Gasteiger partial charge in [-0.15, -0.1) is 11.3 Å². The molecular formula is C15H14N2O2S. The fourth-order valence-electron chi connectivity index (χ4n) is 1.65. The maximum Gasteiger partial charge on any atom is 0.271 e. The van der Waals surface area contributed by atoms with Crippen LogP contribution in [-0.2, 0) is 6.54 Å². The Hall–Kier alpha value is -2.16. The molecule has 0 aliphatic rings. The lowest BCUT2D eigenvalue weighted by Gasteiger charge is -2.05. The molecule has 0 aliphatic heterocycles. The number of nitrogens with one attached hydrogen (secondary N) is 1. The molecule has 0 fully saturated rings. The second kappa shape index (κ2) is 6.85. The fraction of sp³-hybridized carbons (Fsp3) is 0.200. The minimum Gasteiger partial charge on any atom is -0.384 e. The van der Waals surface area contributed by atoms with Gasteiger partial charge in [0.25, 0.3) is 5.91 Å². The standard InChI is InChI=1S/C15H14N2O2S/c1-11-6-9-20-13(11)10-17-15(19)14-12(5-3-8-18)4-2-7-16-14/h2,4,6-7,9,18H,8,10H2,1H3,(H,17,19). The highest BCUT2D eigenvalue weighted by Gasteiger charge is 2.11. The van der Waals surface area contributed by atoms with Gasteiger partial charge in [-0.25, -0.2) is 4.98 Å². The SMILES string of the molecule is Cc1ccsc1CNC(=O)c1ncccc1C#CCO. The van der Waals surface area contributed by atoms with Crippen molar-refractivity contribution in [3.8, 4) is 11.8 Å². The molecule has 0 bridgehead atoms. The topological polar surface area (TPSA) is 62.2 Å². The van der Waals surface area contributed by atoms with Crippen molar-refractivity contribution in [2.24, 2.45) is 0 Å². The molecular weight excluding hydrogens is 272 g/mol. The highest BCUT2D eigenvalue weighted by atomic mass is 32.1. The molecule has 0 radical (unpaired) electrons. The van der Waals surface area contributed by atoms with Crippen molar-refractivity contribution in [3.05, 3.63) is 51.5 Å². The summed E-state index contributed by atoms with van der Waals surface area (Å²) in [5, 5.41) is 13.6. The monoisotopic (exact) mass is 286 g/mol. The Morgan fingerprint density at radius 3 is 3.05 bits per heavy atom. The molecule has 0 atom stereocenters. The molecule has 0 saturated heterocycles. The summed E-state index contributed by atoms with van der Waals surface area (Å²) in [7, 11) is 0. The van der Waals surface area contributed by atoms with E-state index >= 15 is 0 Å². The number of carbonyl (C=O) groups excluding carboxylic acids is 1. The number of thiophene rings is 1. The molecule has 0 unspecified atom stereocenters. The van der Waals surface area contributed by atoms with E-state index in [2.05, 4.69) is 22.1 Å². The summed E-state index contributed by atoms with van der Waals surface area (Å²) in [6.45, 7) is 2.24. The predicted molar refractivity (Wildman–Crippen MR) is 78.4 cm³/mol. The first kappa shape index (κ1) is 14.3. The summed E-state index contributed by atoms with van der Waals surface area (Å²) in [6, 6.07) is 5.44. The second-order valence-corrected chi connectivity index (χ2v) is 5.07. The number of hydrogen-bond donors (Lipinski definition) is 2. The van der Waals surface area contributed by atoms with Crippen molar-refractivity contribution in [1.29, 1.82) is 0 Å². The fourth-order valence-corrected chi connectivity index (χ4v) is 2.50. The van der Waals surface area contributed by atoms with Crippen LogP contribution in [0.15, 0.2) is 29.8 Å². The third-order valence-electron chi connectivity index (χ3n) is 2.70. The van der Waals surface area contributed by atoms with Crippen molar-refractivity contribution < 1.29 is 9.90 Å². The number of carbonyl (C=O) groups is 1. The zero-order chi connectivity index (χ0) is 14.4. The third-order valence-corrected chi connectivity index (χ3v) is 3.73. The minimum atomic E-state index is -0.263. The van der Waals surface area contributed by atoms with Gasteiger partial charge in [-0.1, -0.05) is 11.8 Å². The van der Waals surface area contributed by atoms with Crippen LogP contribution in [0.5, 0.6) is 0 Å². The number of pyridine rings is 1. The van der Waals surface area contributed by atoms with Crippen LogP contribution in [-0.4, -0.2) is 22.6 Å². The highest BCUT2D eigenvalue weighted by Crippen LogP contribution is 2.15.